The highest BCUT2D eigenvalue weighted by atomic mass is 16.6. The molecule has 11 nitrogen and oxygen atoms in total. The molecule has 0 bridgehead atoms. The maximum absolute atomic E-state index is 11.2. The van der Waals surface area contributed by atoms with E-state index in [1.165, 1.54) is 14.0 Å². The lowest BCUT2D eigenvalue weighted by molar-refractivity contribution is -0.116. The average molecular weight is 391 g/mol. The van der Waals surface area contributed by atoms with E-state index in [1.807, 2.05) is 4.90 Å². The largest absolute Gasteiger partial charge is 0.505 e. The van der Waals surface area contributed by atoms with Gasteiger partial charge in [-0.05, 0) is 6.92 Å². The first-order chi connectivity index (χ1) is 13.2. The number of nitrogens with zero attached hydrogens (tertiary/aromatic N) is 3. The third kappa shape index (κ3) is 2.29. The zero-order valence-corrected chi connectivity index (χ0v) is 15.6. The Labute approximate surface area is 160 Å². The van der Waals surface area contributed by atoms with Gasteiger partial charge in [0.15, 0.2) is 5.72 Å². The number of amides is 2. The Morgan fingerprint density at radius 1 is 1.39 bits per heavy atom. The third-order valence-electron chi connectivity index (χ3n) is 5.73. The summed E-state index contributed by atoms with van der Waals surface area (Å²) in [5, 5.41) is 32.4. The summed E-state index contributed by atoms with van der Waals surface area (Å²) in [7, 11) is 1.52. The van der Waals surface area contributed by atoms with E-state index < -0.39 is 23.6 Å². The number of hydrogen-bond donors (Lipinski definition) is 4. The number of nitrogens with one attached hydrogen (secondary N) is 1. The van der Waals surface area contributed by atoms with Gasteiger partial charge in [-0.3, -0.25) is 4.79 Å². The van der Waals surface area contributed by atoms with Gasteiger partial charge in [0, 0.05) is 37.7 Å². The molecule has 1 aromatic rings. The molecular weight excluding hydrogens is 370 g/mol. The summed E-state index contributed by atoms with van der Waals surface area (Å²) in [4.78, 5) is 24.3. The van der Waals surface area contributed by atoms with Gasteiger partial charge in [-0.25, -0.2) is 4.79 Å². The molecule has 5 N–H and O–H groups in total. The molecule has 2 fully saturated rings. The number of nitrogens with two attached hydrogens (primary N) is 1. The van der Waals surface area contributed by atoms with Gasteiger partial charge in [0.25, 0.3) is 5.91 Å². The molecule has 3 heterocycles. The van der Waals surface area contributed by atoms with Crippen LogP contribution in [0.5, 0.6) is 11.5 Å². The number of piperazine rings is 1. The molecule has 0 radical (unpaired) electrons. The lowest BCUT2D eigenvalue weighted by Crippen LogP contribution is -2.54. The number of benzene rings is 1. The minimum absolute atomic E-state index is 0.0248. The Morgan fingerprint density at radius 2 is 2.11 bits per heavy atom. The highest BCUT2D eigenvalue weighted by molar-refractivity contribution is 5.85. The van der Waals surface area contributed by atoms with E-state index in [2.05, 4.69) is 15.5 Å². The summed E-state index contributed by atoms with van der Waals surface area (Å²) >= 11 is 0. The highest BCUT2D eigenvalue weighted by Crippen LogP contribution is 2.64. The number of primary amides is 1. The maximum Gasteiger partial charge on any atom is 0.404 e. The number of ether oxygens (including phenoxy) is 2. The standard InChI is InChI=1S/C17H21N5O6/c1-6-11(21-20-7(2)23)14(25)10-8(5-28-16(18)26)17(27-3)15-9(19-15)4-22(17)12(10)13(6)24/h8-9,15,19,24-25H,4-5H2,1-3H3,(H2,18,26)/t8-,9+,15+,17-/m1/s1. The Morgan fingerprint density at radius 3 is 2.71 bits per heavy atom. The number of azo groups is 1. The van der Waals surface area contributed by atoms with Crippen LogP contribution in [0.25, 0.3) is 0 Å². The second-order valence-electron chi connectivity index (χ2n) is 7.15. The van der Waals surface area contributed by atoms with Crippen LogP contribution in [0.3, 0.4) is 0 Å². The number of aromatic hydroxyl groups is 2. The van der Waals surface area contributed by atoms with Crippen molar-refractivity contribution in [1.29, 1.82) is 0 Å². The smallest absolute Gasteiger partial charge is 0.404 e. The molecule has 0 saturated carbocycles. The predicted molar refractivity (Wildman–Crippen MR) is 95.8 cm³/mol. The maximum atomic E-state index is 11.2. The van der Waals surface area contributed by atoms with Crippen molar-refractivity contribution < 1.29 is 29.3 Å². The van der Waals surface area contributed by atoms with Crippen molar-refractivity contribution in [2.24, 2.45) is 16.0 Å². The Hall–Kier alpha value is -2.92. The molecule has 4 atom stereocenters. The molecule has 0 unspecified atom stereocenters. The van der Waals surface area contributed by atoms with E-state index in [4.69, 9.17) is 15.2 Å². The molecule has 28 heavy (non-hydrogen) atoms. The molecule has 11 heteroatoms. The van der Waals surface area contributed by atoms with Crippen molar-refractivity contribution in [2.75, 3.05) is 25.2 Å². The minimum Gasteiger partial charge on any atom is -0.505 e. The lowest BCUT2D eigenvalue weighted by Gasteiger charge is -2.38. The Bertz CT molecular complexity index is 918. The van der Waals surface area contributed by atoms with E-state index in [9.17, 15) is 19.8 Å². The average Bonchev–Trinajstić information content (AvgIpc) is 3.24. The van der Waals surface area contributed by atoms with Crippen molar-refractivity contribution in [3.63, 3.8) is 0 Å². The van der Waals surface area contributed by atoms with Crippen LogP contribution in [0.4, 0.5) is 16.2 Å². The van der Waals surface area contributed by atoms with Crippen molar-refractivity contribution >= 4 is 23.4 Å². The molecule has 150 valence electrons. The molecule has 0 aliphatic carbocycles. The highest BCUT2D eigenvalue weighted by Gasteiger charge is 2.71. The van der Waals surface area contributed by atoms with Gasteiger partial charge in [0.1, 0.15) is 23.8 Å². The minimum atomic E-state index is -0.972. The van der Waals surface area contributed by atoms with Gasteiger partial charge in [-0.15, -0.1) is 10.2 Å². The molecule has 1 aromatic carbocycles. The van der Waals surface area contributed by atoms with Crippen LogP contribution in [0.15, 0.2) is 10.2 Å². The number of phenols is 2. The number of hydrogen-bond acceptors (Lipinski definition) is 9. The zero-order valence-electron chi connectivity index (χ0n) is 15.6. The number of rotatable bonds is 4. The fourth-order valence-electron chi connectivity index (χ4n) is 4.55. The van der Waals surface area contributed by atoms with Gasteiger partial charge in [-0.1, -0.05) is 0 Å². The summed E-state index contributed by atoms with van der Waals surface area (Å²) < 4.78 is 10.9. The number of carbonyl (C=O) groups is 2. The van der Waals surface area contributed by atoms with Gasteiger partial charge in [-0.2, -0.15) is 0 Å². The number of phenolic OH excluding ortho intramolecular Hbond substituents is 2. The van der Waals surface area contributed by atoms with Crippen molar-refractivity contribution in [3.8, 4) is 11.5 Å². The van der Waals surface area contributed by atoms with Crippen molar-refractivity contribution in [2.45, 2.75) is 37.6 Å². The summed E-state index contributed by atoms with van der Waals surface area (Å²) in [6, 6.07) is 0.0795. The van der Waals surface area contributed by atoms with Gasteiger partial charge >= 0.3 is 6.09 Å². The van der Waals surface area contributed by atoms with Crippen LogP contribution >= 0.6 is 0 Å². The molecule has 0 aromatic heterocycles. The fraction of sp³-hybridized carbons (Fsp3) is 0.529. The van der Waals surface area contributed by atoms with E-state index in [0.29, 0.717) is 17.8 Å². The van der Waals surface area contributed by atoms with Crippen LogP contribution in [0, 0.1) is 6.92 Å². The molecule has 0 spiro atoms. The van der Waals surface area contributed by atoms with Crippen LogP contribution < -0.4 is 16.0 Å². The van der Waals surface area contributed by atoms with Crippen LogP contribution in [-0.2, 0) is 14.3 Å². The normalized spacial score (nSPS) is 29.5. The van der Waals surface area contributed by atoms with Crippen LogP contribution in [0.1, 0.15) is 24.0 Å². The van der Waals surface area contributed by atoms with E-state index in [1.54, 1.807) is 6.92 Å². The zero-order chi connectivity index (χ0) is 20.4. The summed E-state index contributed by atoms with van der Waals surface area (Å²) in [5.74, 6) is -1.56. The first-order valence-electron chi connectivity index (χ1n) is 8.75. The van der Waals surface area contributed by atoms with Gasteiger partial charge in [0.05, 0.1) is 17.6 Å². The molecule has 3 aliphatic rings. The first-order valence-corrected chi connectivity index (χ1v) is 8.75. The predicted octanol–water partition coefficient (Wildman–Crippen LogP) is 0.732. The van der Waals surface area contributed by atoms with E-state index >= 15 is 0 Å². The van der Waals surface area contributed by atoms with Crippen LogP contribution in [-0.4, -0.2) is 60.3 Å². The second kappa shape index (κ2) is 6.04. The lowest BCUT2D eigenvalue weighted by atomic mass is 9.88. The topological polar surface area (TPSA) is 169 Å². The summed E-state index contributed by atoms with van der Waals surface area (Å²) in [5.41, 5.74) is 5.13. The number of carbonyl (C=O) groups excluding carboxylic acids is 2. The summed E-state index contributed by atoms with van der Waals surface area (Å²) in [6.07, 6.45) is -0.961. The monoisotopic (exact) mass is 391 g/mol. The third-order valence-corrected chi connectivity index (χ3v) is 5.73. The molecule has 3 aliphatic heterocycles. The molecule has 2 amide bonds. The van der Waals surface area contributed by atoms with E-state index in [-0.39, 0.29) is 41.4 Å². The summed E-state index contributed by atoms with van der Waals surface area (Å²) in [6.45, 7) is 3.17. The molecule has 2 saturated heterocycles. The first kappa shape index (κ1) is 18.4. The van der Waals surface area contributed by atoms with Gasteiger partial charge in [0.2, 0.25) is 0 Å². The number of methoxy groups -OCH3 is 1. The van der Waals surface area contributed by atoms with Crippen molar-refractivity contribution in [3.05, 3.63) is 11.1 Å². The second-order valence-corrected chi connectivity index (χ2v) is 7.15. The Kier molecular flexibility index (Phi) is 3.98. The van der Waals surface area contributed by atoms with Gasteiger partial charge < -0.3 is 35.6 Å². The van der Waals surface area contributed by atoms with Crippen LogP contribution in [0.2, 0.25) is 0 Å². The number of fused-ring (bicyclic) bond motifs is 5. The molecule has 4 rings (SSSR count). The quantitative estimate of drug-likeness (QED) is 0.331. The number of anilines is 1. The Balaban J connectivity index is 1.92. The fourth-order valence-corrected chi connectivity index (χ4v) is 4.55. The van der Waals surface area contributed by atoms with E-state index in [0.717, 1.165) is 0 Å². The SMILES string of the molecule is CO[C@@]12[C@H](COC(N)=O)c3c(O)c(N=NC(C)=O)c(C)c(O)c3N1C[C@@H]1N[C@@H]12. The van der Waals surface area contributed by atoms with Crippen molar-refractivity contribution in [1.82, 2.24) is 5.32 Å². The molecular formula is C17H21N5O6.